The molecule has 4 nitrogen and oxygen atoms in total. The first kappa shape index (κ1) is 19.3. The highest BCUT2D eigenvalue weighted by Gasteiger charge is 2.51. The summed E-state index contributed by atoms with van der Waals surface area (Å²) in [7, 11) is -4.19. The molecule has 11 heteroatoms. The van der Waals surface area contributed by atoms with Crippen LogP contribution in [0.25, 0.3) is 0 Å². The molecule has 0 spiro atoms. The monoisotopic (exact) mass is 453 g/mol. The Kier molecular flexibility index (Phi) is 5.64. The van der Waals surface area contributed by atoms with E-state index in [1.165, 1.54) is 24.3 Å². The van der Waals surface area contributed by atoms with E-state index in [0.29, 0.717) is 5.02 Å². The molecule has 124 valence electrons. The predicted molar refractivity (Wildman–Crippen MR) is 93.9 cm³/mol. The Balaban J connectivity index is 2.61. The van der Waals surface area contributed by atoms with Crippen LogP contribution >= 0.6 is 69.6 Å². The lowest BCUT2D eigenvalue weighted by atomic mass is 10.0. The lowest BCUT2D eigenvalue weighted by Gasteiger charge is -2.29. The van der Waals surface area contributed by atoms with E-state index in [9.17, 15) is 13.2 Å². The van der Waals surface area contributed by atoms with Crippen LogP contribution in [0.3, 0.4) is 0 Å². The normalized spacial score (nSPS) is 23.5. The molecule has 0 saturated heterocycles. The highest BCUT2D eigenvalue weighted by atomic mass is 35.5. The van der Waals surface area contributed by atoms with Crippen molar-refractivity contribution in [3.05, 3.63) is 39.4 Å². The minimum atomic E-state index is -4.19. The molecule has 0 unspecified atom stereocenters. The summed E-state index contributed by atoms with van der Waals surface area (Å²) in [6, 6.07) is 5.23. The maximum absolute atomic E-state index is 12.3. The van der Waals surface area contributed by atoms with E-state index in [1.54, 1.807) is 0 Å². The van der Waals surface area contributed by atoms with Gasteiger partial charge in [-0.15, -0.1) is 11.6 Å². The lowest BCUT2D eigenvalue weighted by Crippen LogP contribution is -2.45. The van der Waals surface area contributed by atoms with Gasteiger partial charge in [-0.05, 0) is 24.3 Å². The first-order valence-electron chi connectivity index (χ1n) is 5.71. The minimum Gasteiger partial charge on any atom is -0.290 e. The number of carbonyl (C=O) groups is 1. The fourth-order valence-corrected chi connectivity index (χ4v) is 4.19. The summed E-state index contributed by atoms with van der Waals surface area (Å²) in [6.07, 6.45) is 0. The van der Waals surface area contributed by atoms with Crippen LogP contribution in [0.2, 0.25) is 5.02 Å². The van der Waals surface area contributed by atoms with Gasteiger partial charge in [0.15, 0.2) is 0 Å². The van der Waals surface area contributed by atoms with Crippen molar-refractivity contribution in [2.24, 2.45) is 4.40 Å². The number of ketones is 1. The summed E-state index contributed by atoms with van der Waals surface area (Å²) in [5.74, 6) is -0.935. The van der Waals surface area contributed by atoms with Crippen molar-refractivity contribution in [2.45, 2.75) is 14.6 Å². The highest BCUT2D eigenvalue weighted by molar-refractivity contribution is 7.90. The van der Waals surface area contributed by atoms with E-state index in [-0.39, 0.29) is 4.90 Å². The Labute approximate surface area is 162 Å². The molecular formula is C12H5Cl6NO3S. The second kappa shape index (κ2) is 6.71. The lowest BCUT2D eigenvalue weighted by molar-refractivity contribution is -0.115. The molecule has 0 aromatic heterocycles. The molecule has 1 atom stereocenters. The smallest absolute Gasteiger partial charge is 0.282 e. The number of allylic oxidation sites excluding steroid dienone is 2. The number of Topliss-reactive ketones (excluding diaryl/α,β-unsaturated/α-hetero) is 1. The second-order valence-electron chi connectivity index (χ2n) is 4.35. The van der Waals surface area contributed by atoms with Crippen LogP contribution < -0.4 is 0 Å². The van der Waals surface area contributed by atoms with Crippen molar-refractivity contribution in [3.63, 3.8) is 0 Å². The van der Waals surface area contributed by atoms with Crippen LogP contribution in [0.1, 0.15) is 0 Å². The molecule has 1 aliphatic carbocycles. The summed E-state index contributed by atoms with van der Waals surface area (Å²) >= 11 is 35.0. The summed E-state index contributed by atoms with van der Waals surface area (Å²) < 4.78 is 26.0. The number of hydrogen-bond donors (Lipinski definition) is 0. The van der Waals surface area contributed by atoms with Crippen LogP contribution in [-0.2, 0) is 14.8 Å². The quantitative estimate of drug-likeness (QED) is 0.616. The largest absolute Gasteiger partial charge is 0.290 e. The summed E-state index contributed by atoms with van der Waals surface area (Å²) in [5.41, 5.74) is -0.419. The first-order valence-corrected chi connectivity index (χ1v) is 9.48. The van der Waals surface area contributed by atoms with Crippen molar-refractivity contribution in [3.8, 4) is 0 Å². The third-order valence-electron chi connectivity index (χ3n) is 2.81. The van der Waals surface area contributed by atoms with Gasteiger partial charge in [0.1, 0.15) is 10.4 Å². The molecule has 1 aromatic rings. The Hall–Kier alpha value is -0.0100. The molecule has 0 saturated carbocycles. The third kappa shape index (κ3) is 3.66. The molecule has 0 bridgehead atoms. The zero-order valence-electron chi connectivity index (χ0n) is 10.7. The first-order chi connectivity index (χ1) is 10.5. The van der Waals surface area contributed by atoms with Crippen molar-refractivity contribution in [1.29, 1.82) is 0 Å². The van der Waals surface area contributed by atoms with Crippen LogP contribution in [0.5, 0.6) is 0 Å². The Morgan fingerprint density at radius 2 is 1.52 bits per heavy atom. The summed E-state index contributed by atoms with van der Waals surface area (Å²) in [6.45, 7) is 0. The fraction of sp³-hybridized carbons (Fsp3) is 0.167. The van der Waals surface area contributed by atoms with Gasteiger partial charge in [-0.25, -0.2) is 0 Å². The van der Waals surface area contributed by atoms with Gasteiger partial charge in [0.2, 0.25) is 10.1 Å². The number of rotatable bonds is 2. The molecule has 0 amide bonds. The average Bonchev–Trinajstić information content (AvgIpc) is 2.49. The van der Waals surface area contributed by atoms with Gasteiger partial charge in [-0.3, -0.25) is 4.79 Å². The maximum Gasteiger partial charge on any atom is 0.282 e. The number of halogens is 6. The van der Waals surface area contributed by atoms with E-state index in [4.69, 9.17) is 69.6 Å². The molecular weight excluding hydrogens is 451 g/mol. The highest BCUT2D eigenvalue weighted by Crippen LogP contribution is 2.42. The number of alkyl halides is 3. The standard InChI is InChI=1S/C12H5Cl6NO3S/c13-5-1-3-6(4-2-5)23(21,22)19-9-7(14)8(15)11(20)12(17,18)10(9)16/h1-4,10H/t10-/m1/s1. The van der Waals surface area contributed by atoms with Gasteiger partial charge in [0, 0.05) is 5.02 Å². The van der Waals surface area contributed by atoms with Crippen LogP contribution in [0.15, 0.2) is 43.6 Å². The topological polar surface area (TPSA) is 63.6 Å². The zero-order valence-corrected chi connectivity index (χ0v) is 16.1. The van der Waals surface area contributed by atoms with Crippen molar-refractivity contribution < 1.29 is 13.2 Å². The predicted octanol–water partition coefficient (Wildman–Crippen LogP) is 4.52. The maximum atomic E-state index is 12.3. The van der Waals surface area contributed by atoms with Crippen LogP contribution in [-0.4, -0.2) is 29.6 Å². The van der Waals surface area contributed by atoms with Gasteiger partial charge in [0.25, 0.3) is 10.0 Å². The minimum absolute atomic E-state index is 0.162. The van der Waals surface area contributed by atoms with E-state index in [2.05, 4.69) is 4.40 Å². The Morgan fingerprint density at radius 1 is 1.00 bits per heavy atom. The molecule has 1 aliphatic rings. The third-order valence-corrected chi connectivity index (χ3v) is 6.74. The van der Waals surface area contributed by atoms with Gasteiger partial charge in [-0.2, -0.15) is 12.8 Å². The van der Waals surface area contributed by atoms with Crippen molar-refractivity contribution >= 4 is 91.1 Å². The fourth-order valence-electron chi connectivity index (χ4n) is 1.63. The molecule has 0 radical (unpaired) electrons. The molecule has 0 N–H and O–H groups in total. The second-order valence-corrected chi connectivity index (χ2v) is 8.97. The van der Waals surface area contributed by atoms with Crippen molar-refractivity contribution in [1.82, 2.24) is 0 Å². The SMILES string of the molecule is O=C1C(Cl)=C(Cl)C(=NS(=O)(=O)c2ccc(Cl)cc2)[C@@H](Cl)C1(Cl)Cl. The molecule has 0 aliphatic heterocycles. The summed E-state index contributed by atoms with van der Waals surface area (Å²) in [5, 5.41) is -2.13. The van der Waals surface area contributed by atoms with E-state index in [1.807, 2.05) is 0 Å². The van der Waals surface area contributed by atoms with Gasteiger partial charge >= 0.3 is 0 Å². The van der Waals surface area contributed by atoms with Gasteiger partial charge in [-0.1, -0.05) is 58.0 Å². The number of nitrogens with zero attached hydrogens (tertiary/aromatic N) is 1. The number of hydrogen-bond acceptors (Lipinski definition) is 3. The van der Waals surface area contributed by atoms with Crippen LogP contribution in [0, 0.1) is 0 Å². The van der Waals surface area contributed by atoms with E-state index >= 15 is 0 Å². The Morgan fingerprint density at radius 3 is 2.04 bits per heavy atom. The number of carbonyl (C=O) groups excluding carboxylic acids is 1. The average molecular weight is 456 g/mol. The molecule has 1 aromatic carbocycles. The number of benzene rings is 1. The van der Waals surface area contributed by atoms with E-state index < -0.39 is 41.3 Å². The summed E-state index contributed by atoms with van der Waals surface area (Å²) in [4.78, 5) is 11.7. The molecule has 0 fully saturated rings. The van der Waals surface area contributed by atoms with Crippen molar-refractivity contribution in [2.75, 3.05) is 0 Å². The zero-order chi connectivity index (χ0) is 17.6. The van der Waals surface area contributed by atoms with E-state index in [0.717, 1.165) is 0 Å². The van der Waals surface area contributed by atoms with Gasteiger partial charge in [0.05, 0.1) is 15.6 Å². The van der Waals surface area contributed by atoms with Crippen LogP contribution in [0.4, 0.5) is 0 Å². The van der Waals surface area contributed by atoms with Gasteiger partial charge < -0.3 is 0 Å². The molecule has 23 heavy (non-hydrogen) atoms. The number of sulfonamides is 1. The molecule has 0 heterocycles. The molecule has 2 rings (SSSR count). The Bertz CT molecular complexity index is 829.